The molecule has 0 spiro atoms. The Labute approximate surface area is 171 Å². The first-order valence-corrected chi connectivity index (χ1v) is 10.1. The van der Waals surface area contributed by atoms with Crippen molar-refractivity contribution in [2.24, 2.45) is 0 Å². The minimum atomic E-state index is -0.0179. The smallest absolute Gasteiger partial charge is 0.149 e. The summed E-state index contributed by atoms with van der Waals surface area (Å²) in [6, 6.07) is 5.80. The third-order valence-corrected chi connectivity index (χ3v) is 5.31. The summed E-state index contributed by atoms with van der Waals surface area (Å²) in [4.78, 5) is 0. The van der Waals surface area contributed by atoms with Gasteiger partial charge in [0, 0.05) is 0 Å². The molecule has 1 rings (SSSR count). The highest BCUT2D eigenvalue weighted by Crippen LogP contribution is 2.51. The number of aromatic hydroxyl groups is 1. The Morgan fingerprint density at radius 3 is 1.33 bits per heavy atom. The van der Waals surface area contributed by atoms with Gasteiger partial charge in [-0.25, -0.2) is 0 Å². The highest BCUT2D eigenvalue weighted by atomic mass is 127. The maximum absolute atomic E-state index is 9.70. The lowest BCUT2D eigenvalue weighted by Gasteiger charge is -2.18. The molecule has 0 saturated carbocycles. The van der Waals surface area contributed by atoms with Gasteiger partial charge in [-0.2, -0.15) is 0 Å². The van der Waals surface area contributed by atoms with E-state index in [1.807, 2.05) is 12.1 Å². The van der Waals surface area contributed by atoms with Gasteiger partial charge in [0.1, 0.15) is 4.62 Å². The maximum atomic E-state index is 9.70. The Bertz CT molecular complexity index is 332. The molecule has 0 aliphatic heterocycles. The highest BCUT2D eigenvalue weighted by Gasteiger charge is 2.26. The van der Waals surface area contributed by atoms with E-state index in [1.165, 1.54) is 0 Å². The summed E-state index contributed by atoms with van der Waals surface area (Å²) in [5.41, 5.74) is 2.27. The third kappa shape index (κ3) is 5.50. The molecule has 1 aromatic rings. The van der Waals surface area contributed by atoms with Crippen molar-refractivity contribution in [1.29, 1.82) is 0 Å². The summed E-state index contributed by atoms with van der Waals surface area (Å²) >= 11 is 14.2. The average molecular weight is 878 g/mol. The second-order valence-corrected chi connectivity index (χ2v) is 24.9. The fourth-order valence-corrected chi connectivity index (χ4v) is 2.81. The summed E-state index contributed by atoms with van der Waals surface area (Å²) < 4.78 is -0.0358. The molecule has 0 amide bonds. The van der Waals surface area contributed by atoms with E-state index in [0.717, 1.165) is 11.1 Å². The van der Waals surface area contributed by atoms with Crippen molar-refractivity contribution in [3.63, 3.8) is 0 Å². The van der Waals surface area contributed by atoms with Crippen LogP contribution in [-0.4, -0.2) is 5.11 Å². The monoisotopic (exact) mass is 877 g/mol. The molecule has 0 bridgehead atoms. The van der Waals surface area contributed by atoms with E-state index in [2.05, 4.69) is 142 Å². The number of hydrogen-bond donors (Lipinski definition) is 1. The van der Waals surface area contributed by atoms with Crippen LogP contribution in [0.4, 0.5) is 0 Å². The summed E-state index contributed by atoms with van der Waals surface area (Å²) in [7, 11) is 0. The lowest BCUT2D eigenvalue weighted by atomic mass is 10.1. The minimum absolute atomic E-state index is 0.0179. The van der Waals surface area contributed by atoms with Crippen LogP contribution in [-0.2, 0) is -1.13 Å². The van der Waals surface area contributed by atoms with E-state index in [-0.39, 0.29) is -1.13 Å². The molecule has 0 radical (unpaired) electrons. The number of hydrogen-bond acceptors (Lipinski definition) is 1. The van der Waals surface area contributed by atoms with Crippen LogP contribution in [0.15, 0.2) is 18.2 Å². The van der Waals surface area contributed by atoms with Crippen LogP contribution in [0, 0.1) is 0 Å². The summed E-state index contributed by atoms with van der Waals surface area (Å²) in [6.07, 6.45) is 0. The fraction of sp³-hybridized carbons (Fsp3) is 0.250. The lowest BCUT2D eigenvalue weighted by molar-refractivity contribution is 0.474. The predicted molar refractivity (Wildman–Crippen MR) is 116 cm³/mol. The summed E-state index contributed by atoms with van der Waals surface area (Å²) in [5.74, 6) is 0.339. The number of rotatable bonds is 2. The van der Waals surface area contributed by atoms with Crippen LogP contribution in [0.3, 0.4) is 0 Å². The van der Waals surface area contributed by atoms with Crippen molar-refractivity contribution in [1.82, 2.24) is 0 Å². The van der Waals surface area contributed by atoms with Gasteiger partial charge in [0.05, 0.1) is 0 Å². The summed E-state index contributed by atoms with van der Waals surface area (Å²) in [5, 5.41) is 9.70. The van der Waals surface area contributed by atoms with Gasteiger partial charge < -0.3 is 5.11 Å². The van der Waals surface area contributed by atoms with E-state index in [9.17, 15) is 5.11 Å². The lowest BCUT2D eigenvalue weighted by Crippen LogP contribution is -2.02. The van der Waals surface area contributed by atoms with Crippen molar-refractivity contribution in [3.8, 4) is 5.75 Å². The first kappa shape index (κ1) is 16.5. The number of benzene rings is 1. The van der Waals surface area contributed by atoms with Crippen molar-refractivity contribution in [3.05, 3.63) is 29.3 Å². The topological polar surface area (TPSA) is 20.2 Å². The Morgan fingerprint density at radius 2 is 1.07 bits per heavy atom. The zero-order valence-corrected chi connectivity index (χ0v) is 19.9. The predicted octanol–water partition coefficient (Wildman–Crippen LogP) is 6.22. The molecule has 0 saturated heterocycles. The quantitative estimate of drug-likeness (QED) is 0.277. The highest BCUT2D eigenvalue weighted by molar-refractivity contribution is 14.3. The summed E-state index contributed by atoms with van der Waals surface area (Å²) in [6.45, 7) is 0. The molecule has 0 heterocycles. The van der Waals surface area contributed by atoms with Crippen LogP contribution in [0.2, 0.25) is 0 Å². The maximum Gasteiger partial charge on any atom is 0.149 e. The molecule has 84 valence electrons. The molecule has 7 heteroatoms. The Balaban J connectivity index is 3.30. The van der Waals surface area contributed by atoms with Gasteiger partial charge in [-0.1, -0.05) is 0 Å². The molecular weight excluding hydrogens is 874 g/mol. The third-order valence-electron chi connectivity index (χ3n) is 1.57. The zero-order valence-electron chi connectivity index (χ0n) is 6.95. The van der Waals surface area contributed by atoms with Gasteiger partial charge >= 0.3 is 0 Å². The molecule has 0 aromatic heterocycles. The van der Waals surface area contributed by atoms with Crippen LogP contribution < -0.4 is 0 Å². The van der Waals surface area contributed by atoms with Gasteiger partial charge in [-0.15, -0.1) is 0 Å². The molecule has 0 aliphatic carbocycles. The number of halogens is 6. The van der Waals surface area contributed by atoms with Crippen molar-refractivity contribution in [2.75, 3.05) is 0 Å². The van der Waals surface area contributed by atoms with Gasteiger partial charge in [0.25, 0.3) is 0 Å². The largest absolute Gasteiger partial charge is 0.508 e. The first-order chi connectivity index (χ1) is 6.60. The van der Waals surface area contributed by atoms with E-state index in [0.29, 0.717) is 5.75 Å². The Morgan fingerprint density at radius 1 is 0.733 bits per heavy atom. The normalized spacial score (nSPS) is 12.9. The van der Waals surface area contributed by atoms with E-state index >= 15 is 0 Å². The average Bonchev–Trinajstić information content (AvgIpc) is 1.99. The Hall–Kier alpha value is 3.40. The molecular formula is C8H4I6O. The van der Waals surface area contributed by atoms with E-state index < -0.39 is 0 Å². The van der Waals surface area contributed by atoms with Crippen LogP contribution in [0.25, 0.3) is 0 Å². The molecule has 0 unspecified atom stereocenters. The molecule has 1 N–H and O–H groups in total. The SMILES string of the molecule is Oc1cc(C(I)(I)I)cc(C(I)(I)I)c1. The van der Waals surface area contributed by atoms with Crippen molar-refractivity contribution in [2.45, 2.75) is -1.13 Å². The molecule has 1 aromatic carbocycles. The number of phenols is 1. The molecule has 15 heavy (non-hydrogen) atoms. The molecule has 0 aliphatic rings. The second kappa shape index (κ2) is 6.23. The van der Waals surface area contributed by atoms with Crippen LogP contribution >= 0.6 is 136 Å². The van der Waals surface area contributed by atoms with Crippen molar-refractivity contribution >= 4 is 136 Å². The van der Waals surface area contributed by atoms with Crippen LogP contribution in [0.5, 0.6) is 5.75 Å². The second-order valence-electron chi connectivity index (χ2n) is 2.76. The molecule has 1 nitrogen and oxygen atoms in total. The van der Waals surface area contributed by atoms with Gasteiger partial charge in [0.15, 0.2) is 0 Å². The van der Waals surface area contributed by atoms with Gasteiger partial charge in [0.2, 0.25) is 0 Å². The van der Waals surface area contributed by atoms with Gasteiger partial charge in [-0.05, 0) is 165 Å². The van der Waals surface area contributed by atoms with E-state index in [4.69, 9.17) is 0 Å². The number of alkyl halides is 6. The Kier molecular flexibility index (Phi) is 6.84. The molecule has 0 atom stereocenters. The van der Waals surface area contributed by atoms with Crippen LogP contribution in [0.1, 0.15) is 11.1 Å². The zero-order chi connectivity index (χ0) is 11.9. The van der Waals surface area contributed by atoms with E-state index in [1.54, 1.807) is 0 Å². The minimum Gasteiger partial charge on any atom is -0.508 e. The fourth-order valence-electron chi connectivity index (χ4n) is 0.939. The standard InChI is InChI=1S/C8H4I6O/c9-7(10,11)4-1-5(8(12,13)14)3-6(15)2-4/h1-3,15H. The number of phenolic OH excluding ortho intramolecular Hbond substituents is 1. The first-order valence-electron chi connectivity index (χ1n) is 3.59. The molecule has 0 fully saturated rings. The van der Waals surface area contributed by atoms with Gasteiger partial charge in [-0.3, -0.25) is 0 Å². The van der Waals surface area contributed by atoms with Crippen molar-refractivity contribution < 1.29 is 5.11 Å².